The van der Waals surface area contributed by atoms with E-state index in [4.69, 9.17) is 0 Å². The summed E-state index contributed by atoms with van der Waals surface area (Å²) >= 11 is 0. The Labute approximate surface area is 149 Å². The molecule has 1 aromatic carbocycles. The van der Waals surface area contributed by atoms with Crippen molar-refractivity contribution < 1.29 is 13.2 Å². The fourth-order valence-corrected chi connectivity index (χ4v) is 3.35. The van der Waals surface area contributed by atoms with E-state index >= 15 is 0 Å². The lowest BCUT2D eigenvalue weighted by atomic mass is 10.1. The molecule has 2 aromatic heterocycles. The summed E-state index contributed by atoms with van der Waals surface area (Å²) in [5.41, 5.74) is 2.27. The van der Waals surface area contributed by atoms with Crippen molar-refractivity contribution in [2.45, 2.75) is 25.6 Å². The standard InChI is InChI=1S/C19H19F3N4/c20-19(21,22)14-6-7-17(25-8-3-4-9-25)16(11-14)23-12-15-13-26-10-2-1-5-18(26)24-15/h1-2,5-7,10-11,13,23H,3-4,8-9,12H2. The molecule has 1 aliphatic rings. The molecule has 0 bridgehead atoms. The first kappa shape index (κ1) is 16.8. The number of imidazole rings is 1. The maximum atomic E-state index is 13.1. The topological polar surface area (TPSA) is 32.6 Å². The Hall–Kier alpha value is -2.70. The summed E-state index contributed by atoms with van der Waals surface area (Å²) < 4.78 is 41.3. The zero-order valence-corrected chi connectivity index (χ0v) is 14.1. The molecule has 7 heteroatoms. The summed E-state index contributed by atoms with van der Waals surface area (Å²) in [5, 5.41) is 3.16. The number of nitrogens with zero attached hydrogens (tertiary/aromatic N) is 3. The van der Waals surface area contributed by atoms with Crippen molar-refractivity contribution in [3.8, 4) is 0 Å². The summed E-state index contributed by atoms with van der Waals surface area (Å²) in [6, 6.07) is 9.62. The molecule has 136 valence electrons. The number of hydrogen-bond donors (Lipinski definition) is 1. The molecular weight excluding hydrogens is 341 g/mol. The number of hydrogen-bond acceptors (Lipinski definition) is 3. The van der Waals surface area contributed by atoms with Crippen LogP contribution in [0.4, 0.5) is 24.5 Å². The van der Waals surface area contributed by atoms with E-state index in [-0.39, 0.29) is 0 Å². The third-order valence-electron chi connectivity index (χ3n) is 4.64. The second-order valence-electron chi connectivity index (χ2n) is 6.48. The molecular formula is C19H19F3N4. The molecule has 1 saturated heterocycles. The minimum atomic E-state index is -4.36. The van der Waals surface area contributed by atoms with Gasteiger partial charge in [-0.3, -0.25) is 0 Å². The number of nitrogens with one attached hydrogen (secondary N) is 1. The third kappa shape index (κ3) is 3.34. The molecule has 0 aliphatic carbocycles. The van der Waals surface area contributed by atoms with Crippen molar-refractivity contribution in [2.24, 2.45) is 0 Å². The molecule has 1 aliphatic heterocycles. The number of halogens is 3. The average Bonchev–Trinajstić information content (AvgIpc) is 3.28. The third-order valence-corrected chi connectivity index (χ3v) is 4.64. The van der Waals surface area contributed by atoms with Gasteiger partial charge in [0.15, 0.2) is 0 Å². The highest BCUT2D eigenvalue weighted by molar-refractivity contribution is 5.71. The van der Waals surface area contributed by atoms with E-state index < -0.39 is 11.7 Å². The highest BCUT2D eigenvalue weighted by atomic mass is 19.4. The number of rotatable bonds is 4. The number of aromatic nitrogens is 2. The van der Waals surface area contributed by atoms with Crippen LogP contribution in [-0.2, 0) is 12.7 Å². The van der Waals surface area contributed by atoms with Crippen LogP contribution in [-0.4, -0.2) is 22.5 Å². The second-order valence-corrected chi connectivity index (χ2v) is 6.48. The number of alkyl halides is 3. The van der Waals surface area contributed by atoms with Gasteiger partial charge < -0.3 is 14.6 Å². The summed E-state index contributed by atoms with van der Waals surface area (Å²) in [6.07, 6.45) is 1.54. The maximum absolute atomic E-state index is 13.1. The number of fused-ring (bicyclic) bond motifs is 1. The molecule has 0 atom stereocenters. The lowest BCUT2D eigenvalue weighted by Crippen LogP contribution is -2.20. The van der Waals surface area contributed by atoms with Crippen molar-refractivity contribution >= 4 is 17.0 Å². The van der Waals surface area contributed by atoms with Crippen LogP contribution >= 0.6 is 0 Å². The van der Waals surface area contributed by atoms with Crippen LogP contribution in [0.15, 0.2) is 48.8 Å². The van der Waals surface area contributed by atoms with Gasteiger partial charge in [-0.2, -0.15) is 13.2 Å². The highest BCUT2D eigenvalue weighted by Gasteiger charge is 2.31. The smallest absolute Gasteiger partial charge is 0.378 e. The van der Waals surface area contributed by atoms with Gasteiger partial charge in [-0.1, -0.05) is 6.07 Å². The molecule has 0 amide bonds. The second kappa shape index (κ2) is 6.55. The molecule has 0 unspecified atom stereocenters. The highest BCUT2D eigenvalue weighted by Crippen LogP contribution is 2.36. The molecule has 3 aromatic rings. The van der Waals surface area contributed by atoms with Gasteiger partial charge in [0.05, 0.1) is 29.2 Å². The van der Waals surface area contributed by atoms with Crippen molar-refractivity contribution in [3.05, 3.63) is 60.0 Å². The summed E-state index contributed by atoms with van der Waals surface area (Å²) in [6.45, 7) is 2.10. The van der Waals surface area contributed by atoms with Gasteiger partial charge in [0.25, 0.3) is 0 Å². The lowest BCUT2D eigenvalue weighted by Gasteiger charge is -2.23. The molecule has 0 saturated carbocycles. The van der Waals surface area contributed by atoms with E-state index in [1.165, 1.54) is 6.07 Å². The van der Waals surface area contributed by atoms with E-state index in [9.17, 15) is 13.2 Å². The van der Waals surface area contributed by atoms with Crippen LogP contribution in [0, 0.1) is 0 Å². The summed E-state index contributed by atoms with van der Waals surface area (Å²) in [7, 11) is 0. The molecule has 1 N–H and O–H groups in total. The Morgan fingerprint density at radius 1 is 1.08 bits per heavy atom. The van der Waals surface area contributed by atoms with Crippen LogP contribution in [0.1, 0.15) is 24.1 Å². The van der Waals surface area contributed by atoms with Crippen LogP contribution < -0.4 is 10.2 Å². The van der Waals surface area contributed by atoms with E-state index in [2.05, 4.69) is 15.2 Å². The normalized spacial score (nSPS) is 15.0. The monoisotopic (exact) mass is 360 g/mol. The van der Waals surface area contributed by atoms with Gasteiger partial charge in [-0.05, 0) is 43.2 Å². The van der Waals surface area contributed by atoms with Crippen molar-refractivity contribution in [2.75, 3.05) is 23.3 Å². The number of pyridine rings is 1. The van der Waals surface area contributed by atoms with Gasteiger partial charge in [0.2, 0.25) is 0 Å². The molecule has 26 heavy (non-hydrogen) atoms. The van der Waals surface area contributed by atoms with Gasteiger partial charge in [-0.25, -0.2) is 4.98 Å². The predicted octanol–water partition coefficient (Wildman–Crippen LogP) is 4.57. The average molecular weight is 360 g/mol. The Bertz CT molecular complexity index is 878. The minimum absolute atomic E-state index is 0.365. The van der Waals surface area contributed by atoms with Gasteiger partial charge in [0, 0.05) is 25.5 Å². The van der Waals surface area contributed by atoms with Gasteiger partial charge in [0.1, 0.15) is 5.65 Å². The zero-order chi connectivity index (χ0) is 18.1. The number of benzene rings is 1. The Morgan fingerprint density at radius 2 is 1.88 bits per heavy atom. The largest absolute Gasteiger partial charge is 0.416 e. The predicted molar refractivity (Wildman–Crippen MR) is 95.4 cm³/mol. The zero-order valence-electron chi connectivity index (χ0n) is 14.1. The lowest BCUT2D eigenvalue weighted by molar-refractivity contribution is -0.137. The van der Waals surface area contributed by atoms with Crippen molar-refractivity contribution in [1.29, 1.82) is 0 Å². The van der Waals surface area contributed by atoms with Crippen molar-refractivity contribution in [3.63, 3.8) is 0 Å². The van der Waals surface area contributed by atoms with Gasteiger partial charge >= 0.3 is 6.18 Å². The first-order valence-corrected chi connectivity index (χ1v) is 8.63. The Balaban J connectivity index is 1.61. The summed E-state index contributed by atoms with van der Waals surface area (Å²) in [4.78, 5) is 6.62. The van der Waals surface area contributed by atoms with Crippen LogP contribution in [0.3, 0.4) is 0 Å². The molecule has 0 spiro atoms. The molecule has 1 fully saturated rings. The fraction of sp³-hybridized carbons (Fsp3) is 0.316. The molecule has 3 heterocycles. The van der Waals surface area contributed by atoms with Crippen molar-refractivity contribution in [1.82, 2.24) is 9.38 Å². The maximum Gasteiger partial charge on any atom is 0.416 e. The molecule has 4 rings (SSSR count). The van der Waals surface area contributed by atoms with E-state index in [0.29, 0.717) is 12.2 Å². The fourth-order valence-electron chi connectivity index (χ4n) is 3.35. The molecule has 4 nitrogen and oxygen atoms in total. The minimum Gasteiger partial charge on any atom is -0.378 e. The van der Waals surface area contributed by atoms with E-state index in [0.717, 1.165) is 49.0 Å². The van der Waals surface area contributed by atoms with Crippen LogP contribution in [0.25, 0.3) is 5.65 Å². The Kier molecular flexibility index (Phi) is 4.22. The van der Waals surface area contributed by atoms with E-state index in [1.807, 2.05) is 35.0 Å². The molecule has 0 radical (unpaired) electrons. The first-order chi connectivity index (χ1) is 12.5. The van der Waals surface area contributed by atoms with E-state index in [1.54, 1.807) is 6.07 Å². The Morgan fingerprint density at radius 3 is 2.62 bits per heavy atom. The van der Waals surface area contributed by atoms with Crippen LogP contribution in [0.2, 0.25) is 0 Å². The van der Waals surface area contributed by atoms with Crippen LogP contribution in [0.5, 0.6) is 0 Å². The quantitative estimate of drug-likeness (QED) is 0.740. The first-order valence-electron chi connectivity index (χ1n) is 8.63. The summed E-state index contributed by atoms with van der Waals surface area (Å²) in [5.74, 6) is 0. The van der Waals surface area contributed by atoms with Gasteiger partial charge in [-0.15, -0.1) is 0 Å². The number of anilines is 2. The SMILES string of the molecule is FC(F)(F)c1ccc(N2CCCC2)c(NCc2cn3ccccc3n2)c1.